The number of benzene rings is 1. The van der Waals surface area contributed by atoms with Crippen LogP contribution in [0.1, 0.15) is 24.8 Å². The Bertz CT molecular complexity index is 376. The van der Waals surface area contributed by atoms with Crippen molar-refractivity contribution in [1.29, 1.82) is 0 Å². The van der Waals surface area contributed by atoms with E-state index in [1.807, 2.05) is 0 Å². The van der Waals surface area contributed by atoms with Crippen LogP contribution in [-0.2, 0) is 9.53 Å². The summed E-state index contributed by atoms with van der Waals surface area (Å²) in [6.07, 6.45) is 0.708. The summed E-state index contributed by atoms with van der Waals surface area (Å²) in [6.45, 7) is 2.16. The van der Waals surface area contributed by atoms with Gasteiger partial charge in [-0.25, -0.2) is 4.39 Å². The summed E-state index contributed by atoms with van der Waals surface area (Å²) in [4.78, 5) is 11.4. The van der Waals surface area contributed by atoms with Crippen LogP contribution in [0.3, 0.4) is 0 Å². The van der Waals surface area contributed by atoms with Crippen LogP contribution in [0.4, 0.5) is 4.39 Å². The Kier molecular flexibility index (Phi) is 2.71. The fourth-order valence-electron chi connectivity index (χ4n) is 1.82. The maximum atomic E-state index is 13.4. The van der Waals surface area contributed by atoms with E-state index >= 15 is 0 Å². The fourth-order valence-corrected chi connectivity index (χ4v) is 1.82. The van der Waals surface area contributed by atoms with Crippen molar-refractivity contribution in [3.63, 3.8) is 0 Å². The van der Waals surface area contributed by atoms with Gasteiger partial charge >= 0.3 is 5.97 Å². The van der Waals surface area contributed by atoms with Gasteiger partial charge in [-0.3, -0.25) is 4.79 Å². The second kappa shape index (κ2) is 4.01. The van der Waals surface area contributed by atoms with Crippen molar-refractivity contribution in [3.8, 4) is 0 Å². The molecule has 2 atom stereocenters. The van der Waals surface area contributed by atoms with Crippen LogP contribution in [0, 0.1) is 11.7 Å². The van der Waals surface area contributed by atoms with Crippen molar-refractivity contribution in [3.05, 3.63) is 35.6 Å². The van der Waals surface area contributed by atoms with E-state index in [4.69, 9.17) is 4.74 Å². The van der Waals surface area contributed by atoms with E-state index in [2.05, 4.69) is 0 Å². The van der Waals surface area contributed by atoms with Gasteiger partial charge in [-0.15, -0.1) is 0 Å². The summed E-state index contributed by atoms with van der Waals surface area (Å²) in [5.41, 5.74) is 0.635. The second-order valence-electron chi connectivity index (χ2n) is 3.72. The Balaban J connectivity index is 2.05. The van der Waals surface area contributed by atoms with Crippen molar-refractivity contribution in [2.45, 2.75) is 19.3 Å². The molecule has 0 bridgehead atoms. The number of hydrogen-bond acceptors (Lipinski definition) is 2. The van der Waals surface area contributed by atoms with E-state index in [0.717, 1.165) is 0 Å². The highest BCUT2D eigenvalue weighted by Crippen LogP contribution is 2.48. The topological polar surface area (TPSA) is 26.3 Å². The first kappa shape index (κ1) is 10.1. The third-order valence-electron chi connectivity index (χ3n) is 2.68. The lowest BCUT2D eigenvalue weighted by molar-refractivity contribution is -0.144. The normalized spacial score (nSPS) is 23.6. The Morgan fingerprint density at radius 3 is 2.93 bits per heavy atom. The minimum Gasteiger partial charge on any atom is -0.466 e. The van der Waals surface area contributed by atoms with Gasteiger partial charge in [0.25, 0.3) is 0 Å². The van der Waals surface area contributed by atoms with E-state index < -0.39 is 0 Å². The number of rotatable bonds is 3. The molecule has 1 saturated carbocycles. The fraction of sp³-hybridized carbons (Fsp3) is 0.417. The molecule has 3 heteroatoms. The summed E-state index contributed by atoms with van der Waals surface area (Å²) in [6, 6.07) is 6.61. The number of carbonyl (C=O) groups is 1. The third kappa shape index (κ3) is 2.01. The van der Waals surface area contributed by atoms with Crippen LogP contribution in [-0.4, -0.2) is 12.6 Å². The van der Waals surface area contributed by atoms with Gasteiger partial charge in [-0.2, -0.15) is 0 Å². The van der Waals surface area contributed by atoms with Gasteiger partial charge < -0.3 is 4.74 Å². The molecule has 0 amide bonds. The number of esters is 1. The molecule has 2 nitrogen and oxygen atoms in total. The van der Waals surface area contributed by atoms with E-state index in [-0.39, 0.29) is 23.6 Å². The highest BCUT2D eigenvalue weighted by Gasteiger charge is 2.46. The minimum atomic E-state index is -0.228. The maximum Gasteiger partial charge on any atom is 0.309 e. The molecular formula is C12H13FO2. The van der Waals surface area contributed by atoms with Crippen molar-refractivity contribution < 1.29 is 13.9 Å². The van der Waals surface area contributed by atoms with Gasteiger partial charge in [0.2, 0.25) is 0 Å². The van der Waals surface area contributed by atoms with E-state index in [1.54, 1.807) is 25.1 Å². The number of hydrogen-bond donors (Lipinski definition) is 0. The molecule has 1 aliphatic rings. The summed E-state index contributed by atoms with van der Waals surface area (Å²) in [7, 11) is 0. The van der Waals surface area contributed by atoms with E-state index in [0.29, 0.717) is 18.6 Å². The lowest BCUT2D eigenvalue weighted by Crippen LogP contribution is -2.07. The Morgan fingerprint density at radius 1 is 1.53 bits per heavy atom. The van der Waals surface area contributed by atoms with Crippen molar-refractivity contribution >= 4 is 5.97 Å². The highest BCUT2D eigenvalue weighted by molar-refractivity contribution is 5.77. The molecule has 1 unspecified atom stereocenters. The van der Waals surface area contributed by atoms with Crippen LogP contribution in [0.25, 0.3) is 0 Å². The molecule has 0 saturated heterocycles. The van der Waals surface area contributed by atoms with Crippen molar-refractivity contribution in [2.24, 2.45) is 5.92 Å². The molecule has 0 N–H and O–H groups in total. The molecule has 0 aromatic heterocycles. The zero-order valence-corrected chi connectivity index (χ0v) is 8.57. The van der Waals surface area contributed by atoms with Crippen molar-refractivity contribution in [2.75, 3.05) is 6.61 Å². The monoisotopic (exact) mass is 208 g/mol. The number of ether oxygens (including phenoxy) is 1. The second-order valence-corrected chi connectivity index (χ2v) is 3.72. The zero-order valence-electron chi connectivity index (χ0n) is 8.57. The van der Waals surface area contributed by atoms with Crippen molar-refractivity contribution in [1.82, 2.24) is 0 Å². The standard InChI is InChI=1S/C12H13FO2/c1-2-15-12(14)10-7-9(10)8-5-3-4-6-11(8)13/h3-6,9-10H,2,7H2,1H3/t9?,10-/m1/s1. The van der Waals surface area contributed by atoms with Crippen LogP contribution >= 0.6 is 0 Å². The van der Waals surface area contributed by atoms with Crippen LogP contribution in [0.15, 0.2) is 24.3 Å². The maximum absolute atomic E-state index is 13.4. The first-order valence-corrected chi connectivity index (χ1v) is 5.15. The minimum absolute atomic E-state index is 0.0187. The molecule has 0 heterocycles. The number of halogens is 1. The smallest absolute Gasteiger partial charge is 0.309 e. The molecule has 1 aromatic carbocycles. The summed E-state index contributed by atoms with van der Waals surface area (Å²) in [5, 5.41) is 0. The van der Waals surface area contributed by atoms with Crippen LogP contribution in [0.2, 0.25) is 0 Å². The predicted molar refractivity (Wildman–Crippen MR) is 53.9 cm³/mol. The first-order chi connectivity index (χ1) is 7.24. The molecule has 1 aromatic rings. The molecule has 0 aliphatic heterocycles. The van der Waals surface area contributed by atoms with Gasteiger partial charge in [-0.05, 0) is 25.0 Å². The van der Waals surface area contributed by atoms with Gasteiger partial charge in [-0.1, -0.05) is 18.2 Å². The Morgan fingerprint density at radius 2 is 2.27 bits per heavy atom. The number of carbonyl (C=O) groups excluding carboxylic acids is 1. The molecule has 1 aliphatic carbocycles. The van der Waals surface area contributed by atoms with Crippen LogP contribution < -0.4 is 0 Å². The van der Waals surface area contributed by atoms with Gasteiger partial charge in [0.05, 0.1) is 12.5 Å². The van der Waals surface area contributed by atoms with Gasteiger partial charge in [0, 0.05) is 5.92 Å². The van der Waals surface area contributed by atoms with Gasteiger partial charge in [0.1, 0.15) is 5.82 Å². The average Bonchev–Trinajstić information content (AvgIpc) is 2.98. The molecule has 1 fully saturated rings. The molecule has 2 rings (SSSR count). The summed E-state index contributed by atoms with van der Waals surface area (Å²) >= 11 is 0. The zero-order chi connectivity index (χ0) is 10.8. The molecular weight excluding hydrogens is 195 g/mol. The molecule has 80 valence electrons. The summed E-state index contributed by atoms with van der Waals surface area (Å²) in [5.74, 6) is -0.549. The Labute approximate surface area is 88.1 Å². The molecule has 15 heavy (non-hydrogen) atoms. The quantitative estimate of drug-likeness (QED) is 0.713. The molecule has 0 radical (unpaired) electrons. The van der Waals surface area contributed by atoms with E-state index in [9.17, 15) is 9.18 Å². The summed E-state index contributed by atoms with van der Waals surface area (Å²) < 4.78 is 18.2. The first-order valence-electron chi connectivity index (χ1n) is 5.15. The van der Waals surface area contributed by atoms with Gasteiger partial charge in [0.15, 0.2) is 0 Å². The lowest BCUT2D eigenvalue weighted by atomic mass is 10.1. The third-order valence-corrected chi connectivity index (χ3v) is 2.68. The SMILES string of the molecule is CCOC(=O)[C@@H]1CC1c1ccccc1F. The molecule has 0 spiro atoms. The lowest BCUT2D eigenvalue weighted by Gasteiger charge is -2.02. The highest BCUT2D eigenvalue weighted by atomic mass is 19.1. The van der Waals surface area contributed by atoms with Crippen LogP contribution in [0.5, 0.6) is 0 Å². The van der Waals surface area contributed by atoms with E-state index in [1.165, 1.54) is 6.07 Å². The predicted octanol–water partition coefficient (Wildman–Crippen LogP) is 2.49. The average molecular weight is 208 g/mol. The largest absolute Gasteiger partial charge is 0.466 e. The Hall–Kier alpha value is -1.38.